The minimum atomic E-state index is -0.111. The van der Waals surface area contributed by atoms with Crippen LogP contribution in [0, 0.1) is 0 Å². The topological polar surface area (TPSA) is 32.3 Å². The van der Waals surface area contributed by atoms with E-state index >= 15 is 0 Å². The van der Waals surface area contributed by atoms with Crippen LogP contribution in [0.3, 0.4) is 0 Å². The average molecular weight is 291 g/mol. The van der Waals surface area contributed by atoms with Crippen LogP contribution in [0.1, 0.15) is 18.4 Å². The highest BCUT2D eigenvalue weighted by Gasteiger charge is 2.26. The number of rotatable bonds is 3. The summed E-state index contributed by atoms with van der Waals surface area (Å²) in [5.41, 5.74) is 1.09. The molecule has 4 heteroatoms. The maximum atomic E-state index is 9.14. The lowest BCUT2D eigenvalue weighted by Gasteiger charge is -2.32. The molecule has 0 unspecified atom stereocenters. The summed E-state index contributed by atoms with van der Waals surface area (Å²) < 4.78 is 1.04. The fourth-order valence-electron chi connectivity index (χ4n) is 1.69. The Bertz CT molecular complexity index is 352. The zero-order chi connectivity index (χ0) is 10.8. The molecule has 15 heavy (non-hydrogen) atoms. The highest BCUT2D eigenvalue weighted by molar-refractivity contribution is 9.10. The normalized spacial score (nSPS) is 25.0. The number of nitrogens with one attached hydrogen (secondary N) is 1. The maximum absolute atomic E-state index is 9.14. The zero-order valence-electron chi connectivity index (χ0n) is 8.21. The van der Waals surface area contributed by atoms with E-state index < -0.39 is 0 Å². The van der Waals surface area contributed by atoms with Gasteiger partial charge in [0.2, 0.25) is 0 Å². The predicted molar refractivity (Wildman–Crippen MR) is 65.0 cm³/mol. The Balaban J connectivity index is 1.90. The zero-order valence-corrected chi connectivity index (χ0v) is 10.6. The standard InChI is InChI=1S/C11H13BrClNO/c12-8-1-2-11(13)7(3-8)6-14-9-4-10(15)5-9/h1-3,9-10,14-15H,4-6H2. The molecule has 82 valence electrons. The monoisotopic (exact) mass is 289 g/mol. The van der Waals surface area contributed by atoms with E-state index in [1.54, 1.807) is 0 Å². The highest BCUT2D eigenvalue weighted by atomic mass is 79.9. The quantitative estimate of drug-likeness (QED) is 0.897. The van der Waals surface area contributed by atoms with Gasteiger partial charge in [-0.1, -0.05) is 27.5 Å². The minimum Gasteiger partial charge on any atom is -0.393 e. The van der Waals surface area contributed by atoms with Gasteiger partial charge in [-0.25, -0.2) is 0 Å². The van der Waals surface area contributed by atoms with Crippen LogP contribution in [-0.4, -0.2) is 17.3 Å². The van der Waals surface area contributed by atoms with E-state index in [0.717, 1.165) is 34.4 Å². The summed E-state index contributed by atoms with van der Waals surface area (Å²) in [5.74, 6) is 0. The van der Waals surface area contributed by atoms with Crippen molar-refractivity contribution in [3.8, 4) is 0 Å². The number of aliphatic hydroxyl groups excluding tert-OH is 1. The van der Waals surface area contributed by atoms with Gasteiger partial charge in [0, 0.05) is 22.1 Å². The summed E-state index contributed by atoms with van der Waals surface area (Å²) in [6.45, 7) is 0.760. The van der Waals surface area contributed by atoms with Crippen LogP contribution in [0.4, 0.5) is 0 Å². The Hall–Kier alpha value is -0.0900. The highest BCUT2D eigenvalue weighted by Crippen LogP contribution is 2.23. The van der Waals surface area contributed by atoms with E-state index in [1.165, 1.54) is 0 Å². The first-order chi connectivity index (χ1) is 7.15. The van der Waals surface area contributed by atoms with E-state index in [0.29, 0.717) is 6.04 Å². The molecule has 1 aliphatic rings. The van der Waals surface area contributed by atoms with Gasteiger partial charge in [-0.15, -0.1) is 0 Å². The molecule has 1 saturated carbocycles. The second kappa shape index (κ2) is 4.83. The molecule has 1 aromatic rings. The van der Waals surface area contributed by atoms with E-state index in [2.05, 4.69) is 21.2 Å². The van der Waals surface area contributed by atoms with E-state index in [-0.39, 0.29) is 6.10 Å². The first kappa shape index (κ1) is 11.4. The van der Waals surface area contributed by atoms with Crippen molar-refractivity contribution in [2.45, 2.75) is 31.5 Å². The lowest BCUT2D eigenvalue weighted by atomic mass is 9.89. The smallest absolute Gasteiger partial charge is 0.0570 e. The molecule has 1 fully saturated rings. The van der Waals surface area contributed by atoms with E-state index in [1.807, 2.05) is 18.2 Å². The Kier molecular flexibility index (Phi) is 3.67. The molecule has 2 rings (SSSR count). The third-order valence-corrected chi connectivity index (χ3v) is 3.56. The molecule has 1 aliphatic carbocycles. The van der Waals surface area contributed by atoms with Gasteiger partial charge in [-0.05, 0) is 36.6 Å². The van der Waals surface area contributed by atoms with Gasteiger partial charge >= 0.3 is 0 Å². The molecule has 0 spiro atoms. The van der Waals surface area contributed by atoms with E-state index in [4.69, 9.17) is 16.7 Å². The predicted octanol–water partition coefficient (Wildman–Crippen LogP) is 2.72. The second-order valence-corrected chi connectivity index (χ2v) is 5.26. The summed E-state index contributed by atoms with van der Waals surface area (Å²) in [6, 6.07) is 6.27. The van der Waals surface area contributed by atoms with Gasteiger partial charge < -0.3 is 10.4 Å². The molecule has 2 N–H and O–H groups in total. The van der Waals surface area contributed by atoms with Gasteiger partial charge in [0.25, 0.3) is 0 Å². The molecule has 0 aromatic heterocycles. The van der Waals surface area contributed by atoms with Crippen LogP contribution in [0.2, 0.25) is 5.02 Å². The number of benzene rings is 1. The van der Waals surface area contributed by atoms with Crippen LogP contribution in [0.25, 0.3) is 0 Å². The fourth-order valence-corrected chi connectivity index (χ4v) is 2.28. The molecule has 0 atom stereocenters. The number of hydrogen-bond donors (Lipinski definition) is 2. The van der Waals surface area contributed by atoms with Gasteiger partial charge in [0.05, 0.1) is 6.10 Å². The maximum Gasteiger partial charge on any atom is 0.0570 e. The van der Waals surface area contributed by atoms with Crippen molar-refractivity contribution in [1.29, 1.82) is 0 Å². The first-order valence-electron chi connectivity index (χ1n) is 5.00. The third-order valence-electron chi connectivity index (χ3n) is 2.70. The number of hydrogen-bond acceptors (Lipinski definition) is 2. The minimum absolute atomic E-state index is 0.111. The van der Waals surface area contributed by atoms with Gasteiger partial charge in [0.15, 0.2) is 0 Å². The molecular formula is C11H13BrClNO. The summed E-state index contributed by atoms with van der Waals surface area (Å²) in [6.07, 6.45) is 1.59. The van der Waals surface area contributed by atoms with Crippen molar-refractivity contribution in [2.24, 2.45) is 0 Å². The van der Waals surface area contributed by atoms with Crippen LogP contribution in [0.15, 0.2) is 22.7 Å². The van der Waals surface area contributed by atoms with Crippen molar-refractivity contribution >= 4 is 27.5 Å². The molecule has 0 heterocycles. The summed E-state index contributed by atoms with van der Waals surface area (Å²) in [4.78, 5) is 0. The molecule has 0 amide bonds. The van der Waals surface area contributed by atoms with Gasteiger partial charge in [-0.2, -0.15) is 0 Å². The summed E-state index contributed by atoms with van der Waals surface area (Å²) >= 11 is 9.48. The van der Waals surface area contributed by atoms with Crippen molar-refractivity contribution in [1.82, 2.24) is 5.32 Å². The number of aliphatic hydroxyl groups is 1. The van der Waals surface area contributed by atoms with Crippen molar-refractivity contribution in [3.63, 3.8) is 0 Å². The molecule has 0 saturated heterocycles. The Morgan fingerprint density at radius 2 is 2.20 bits per heavy atom. The van der Waals surface area contributed by atoms with Crippen molar-refractivity contribution in [2.75, 3.05) is 0 Å². The molecule has 0 bridgehead atoms. The first-order valence-corrected chi connectivity index (χ1v) is 6.17. The van der Waals surface area contributed by atoms with E-state index in [9.17, 15) is 0 Å². The third kappa shape index (κ3) is 2.94. The Morgan fingerprint density at radius 1 is 1.47 bits per heavy atom. The van der Waals surface area contributed by atoms with Crippen LogP contribution < -0.4 is 5.32 Å². The van der Waals surface area contributed by atoms with Gasteiger partial charge in [-0.3, -0.25) is 0 Å². The van der Waals surface area contributed by atoms with Crippen LogP contribution in [0.5, 0.6) is 0 Å². The Morgan fingerprint density at radius 3 is 2.87 bits per heavy atom. The average Bonchev–Trinajstić information content (AvgIpc) is 2.16. The fraction of sp³-hybridized carbons (Fsp3) is 0.455. The lowest BCUT2D eigenvalue weighted by Crippen LogP contribution is -2.43. The molecular weight excluding hydrogens is 277 g/mol. The van der Waals surface area contributed by atoms with Gasteiger partial charge in [0.1, 0.15) is 0 Å². The second-order valence-electron chi connectivity index (χ2n) is 3.94. The molecule has 1 aromatic carbocycles. The Labute approximate surface area is 103 Å². The van der Waals surface area contributed by atoms with Crippen molar-refractivity contribution in [3.05, 3.63) is 33.3 Å². The molecule has 2 nitrogen and oxygen atoms in total. The van der Waals surface area contributed by atoms with Crippen LogP contribution >= 0.6 is 27.5 Å². The van der Waals surface area contributed by atoms with Crippen LogP contribution in [-0.2, 0) is 6.54 Å². The largest absolute Gasteiger partial charge is 0.393 e. The molecule has 0 aliphatic heterocycles. The lowest BCUT2D eigenvalue weighted by molar-refractivity contribution is 0.0619. The number of halogens is 2. The summed E-state index contributed by atoms with van der Waals surface area (Å²) in [7, 11) is 0. The van der Waals surface area contributed by atoms with Crippen molar-refractivity contribution < 1.29 is 5.11 Å². The molecule has 0 radical (unpaired) electrons. The SMILES string of the molecule is OC1CC(NCc2cc(Br)ccc2Cl)C1. The summed E-state index contributed by atoms with van der Waals surface area (Å²) in [5, 5.41) is 13.3.